The van der Waals surface area contributed by atoms with Crippen LogP contribution in [0.25, 0.3) is 0 Å². The van der Waals surface area contributed by atoms with Crippen molar-refractivity contribution in [3.63, 3.8) is 0 Å². The van der Waals surface area contributed by atoms with Crippen LogP contribution in [-0.4, -0.2) is 37.9 Å². The Kier molecular flexibility index (Phi) is 7.39. The van der Waals surface area contributed by atoms with E-state index in [0.29, 0.717) is 12.8 Å². The number of nitrogens with one attached hydrogen (secondary N) is 1. The van der Waals surface area contributed by atoms with Gasteiger partial charge < -0.3 is 0 Å². The van der Waals surface area contributed by atoms with Crippen molar-refractivity contribution in [2.45, 2.75) is 90.6 Å². The highest BCUT2D eigenvalue weighted by Gasteiger charge is 2.67. The average molecular weight is 400 g/mol. The third-order valence-corrected chi connectivity index (χ3v) is 11.9. The summed E-state index contributed by atoms with van der Waals surface area (Å²) in [7, 11) is -6.76. The van der Waals surface area contributed by atoms with Gasteiger partial charge in [0, 0.05) is 0 Å². The van der Waals surface area contributed by atoms with Gasteiger partial charge in [-0.25, -0.2) is 13.1 Å². The Balaban J connectivity index is 7.14. The monoisotopic (exact) mass is 399 g/mol. The number of sulfonamides is 1. The molecular formula is C17H37NO5S2. The third-order valence-electron chi connectivity index (χ3n) is 7.54. The van der Waals surface area contributed by atoms with Gasteiger partial charge in [-0.05, 0) is 57.4 Å². The molecule has 0 amide bonds. The minimum atomic E-state index is -4.42. The lowest BCUT2D eigenvalue weighted by Gasteiger charge is -2.60. The summed E-state index contributed by atoms with van der Waals surface area (Å²) in [5, 5.41) is 0. The Bertz CT molecular complexity index is 665. The molecule has 0 heterocycles. The molecule has 25 heavy (non-hydrogen) atoms. The van der Waals surface area contributed by atoms with Crippen LogP contribution in [0.5, 0.6) is 0 Å². The van der Waals surface area contributed by atoms with Gasteiger partial charge in [-0.1, -0.05) is 41.5 Å². The molecule has 0 spiro atoms. The molecule has 8 heteroatoms. The van der Waals surface area contributed by atoms with Crippen molar-refractivity contribution < 1.29 is 21.4 Å². The lowest BCUT2D eigenvalue weighted by atomic mass is 9.51. The smallest absolute Gasteiger partial charge is 0.271 e. The maximum absolute atomic E-state index is 12.8. The SMILES string of the molecule is CCC(C)(C(C)(CC)C(C)(C)S(=O)(=O)NC)C(CC)(CC)S(=O)(=O)O. The van der Waals surface area contributed by atoms with E-state index in [-0.39, 0.29) is 12.8 Å². The fourth-order valence-electron chi connectivity index (χ4n) is 4.93. The zero-order valence-electron chi connectivity index (χ0n) is 17.2. The first-order valence-corrected chi connectivity index (χ1v) is 11.9. The predicted molar refractivity (Wildman–Crippen MR) is 104 cm³/mol. The third kappa shape index (κ3) is 3.17. The fourth-order valence-corrected chi connectivity index (χ4v) is 8.07. The molecule has 0 aliphatic heterocycles. The second kappa shape index (κ2) is 7.44. The van der Waals surface area contributed by atoms with E-state index in [4.69, 9.17) is 0 Å². The maximum atomic E-state index is 12.8. The highest BCUT2D eigenvalue weighted by molar-refractivity contribution is 7.90. The minimum absolute atomic E-state index is 0.206. The Morgan fingerprint density at radius 1 is 0.760 bits per heavy atom. The first kappa shape index (κ1) is 24.8. The van der Waals surface area contributed by atoms with Gasteiger partial charge in [0.15, 0.2) is 0 Å². The fraction of sp³-hybridized carbons (Fsp3) is 1.00. The molecule has 0 saturated carbocycles. The van der Waals surface area contributed by atoms with Crippen LogP contribution in [0, 0.1) is 10.8 Å². The molecule has 0 saturated heterocycles. The quantitative estimate of drug-likeness (QED) is 0.547. The van der Waals surface area contributed by atoms with Crippen molar-refractivity contribution in [2.24, 2.45) is 10.8 Å². The van der Waals surface area contributed by atoms with E-state index in [1.54, 1.807) is 27.7 Å². The molecule has 2 N–H and O–H groups in total. The normalized spacial score (nSPS) is 19.3. The Labute approximate surface area is 155 Å². The van der Waals surface area contributed by atoms with Gasteiger partial charge in [-0.15, -0.1) is 0 Å². The highest BCUT2D eigenvalue weighted by Crippen LogP contribution is 2.62. The summed E-state index contributed by atoms with van der Waals surface area (Å²) in [4.78, 5) is 0. The van der Waals surface area contributed by atoms with Crippen molar-refractivity contribution in [1.82, 2.24) is 4.72 Å². The molecule has 0 aromatic heterocycles. The average Bonchev–Trinajstić information content (AvgIpc) is 2.53. The summed E-state index contributed by atoms with van der Waals surface area (Å²) in [5.41, 5.74) is -1.89. The van der Waals surface area contributed by atoms with Gasteiger partial charge in [-0.3, -0.25) is 4.55 Å². The first-order chi connectivity index (χ1) is 11.1. The molecule has 0 aliphatic carbocycles. The van der Waals surface area contributed by atoms with Crippen LogP contribution in [0.15, 0.2) is 0 Å². The summed E-state index contributed by atoms with van der Waals surface area (Å²) >= 11 is 0. The molecule has 0 radical (unpaired) electrons. The van der Waals surface area contributed by atoms with E-state index in [1.807, 2.05) is 27.7 Å². The van der Waals surface area contributed by atoms with Crippen LogP contribution in [0.4, 0.5) is 0 Å². The largest absolute Gasteiger partial charge is 0.285 e. The molecule has 2 unspecified atom stereocenters. The number of rotatable bonds is 10. The molecule has 0 rings (SSSR count). The molecule has 2 atom stereocenters. The number of hydrogen-bond donors (Lipinski definition) is 2. The van der Waals surface area contributed by atoms with E-state index in [0.717, 1.165) is 0 Å². The Morgan fingerprint density at radius 3 is 1.32 bits per heavy atom. The standard InChI is InChI=1S/C17H37NO5S2/c1-10-15(7,14(5,6)24(19,20)18-9)16(8,11-2)17(12-3,13-4)25(21,22)23/h18H,10-13H2,1-9H3,(H,21,22,23). The lowest BCUT2D eigenvalue weighted by molar-refractivity contribution is -0.0215. The van der Waals surface area contributed by atoms with E-state index in [2.05, 4.69) is 4.72 Å². The second-order valence-electron chi connectivity index (χ2n) is 7.77. The van der Waals surface area contributed by atoms with E-state index >= 15 is 0 Å². The summed E-state index contributed by atoms with van der Waals surface area (Å²) in [5.74, 6) is 0. The van der Waals surface area contributed by atoms with Gasteiger partial charge in [-0.2, -0.15) is 8.42 Å². The second-order valence-corrected chi connectivity index (χ2v) is 11.9. The van der Waals surface area contributed by atoms with Crippen LogP contribution < -0.4 is 4.72 Å². The molecular weight excluding hydrogens is 362 g/mol. The predicted octanol–water partition coefficient (Wildman–Crippen LogP) is 3.59. The number of hydrogen-bond acceptors (Lipinski definition) is 4. The molecule has 152 valence electrons. The molecule has 6 nitrogen and oxygen atoms in total. The van der Waals surface area contributed by atoms with Crippen LogP contribution in [0.3, 0.4) is 0 Å². The Hall–Kier alpha value is -0.180. The maximum Gasteiger partial charge on any atom is 0.271 e. The van der Waals surface area contributed by atoms with Crippen LogP contribution in [0.2, 0.25) is 0 Å². The summed E-state index contributed by atoms with van der Waals surface area (Å²) in [6, 6.07) is 0. The topological polar surface area (TPSA) is 101 Å². The van der Waals surface area contributed by atoms with Crippen molar-refractivity contribution in [2.75, 3.05) is 7.05 Å². The summed E-state index contributed by atoms with van der Waals surface area (Å²) in [6.07, 6.45) is 1.28. The molecule has 0 aromatic rings. The minimum Gasteiger partial charge on any atom is -0.285 e. The van der Waals surface area contributed by atoms with Crippen molar-refractivity contribution in [1.29, 1.82) is 0 Å². The van der Waals surface area contributed by atoms with Crippen molar-refractivity contribution in [3.05, 3.63) is 0 Å². The zero-order valence-corrected chi connectivity index (χ0v) is 18.9. The molecule has 0 bridgehead atoms. The molecule has 0 aromatic carbocycles. The van der Waals surface area contributed by atoms with Crippen LogP contribution in [-0.2, 0) is 20.1 Å². The lowest BCUT2D eigenvalue weighted by Crippen LogP contribution is -2.66. The first-order valence-electron chi connectivity index (χ1n) is 8.95. The van der Waals surface area contributed by atoms with Crippen molar-refractivity contribution >= 4 is 20.1 Å². The van der Waals surface area contributed by atoms with E-state index < -0.39 is 40.5 Å². The van der Waals surface area contributed by atoms with Gasteiger partial charge in [0.05, 0.1) is 4.75 Å². The molecule has 0 fully saturated rings. The Morgan fingerprint density at radius 2 is 1.12 bits per heavy atom. The van der Waals surface area contributed by atoms with Gasteiger partial charge in [0.25, 0.3) is 10.1 Å². The van der Waals surface area contributed by atoms with Crippen LogP contribution in [0.1, 0.15) is 81.1 Å². The van der Waals surface area contributed by atoms with Gasteiger partial charge >= 0.3 is 0 Å². The van der Waals surface area contributed by atoms with Gasteiger partial charge in [0.2, 0.25) is 10.0 Å². The summed E-state index contributed by atoms with van der Waals surface area (Å²) < 4.78 is 60.6. The van der Waals surface area contributed by atoms with Crippen molar-refractivity contribution in [3.8, 4) is 0 Å². The van der Waals surface area contributed by atoms with Crippen LogP contribution >= 0.6 is 0 Å². The zero-order chi connectivity index (χ0) is 20.5. The van der Waals surface area contributed by atoms with E-state index in [1.165, 1.54) is 7.05 Å². The highest BCUT2D eigenvalue weighted by atomic mass is 32.2. The molecule has 0 aliphatic rings. The summed E-state index contributed by atoms with van der Waals surface area (Å²) in [6.45, 7) is 14.1. The van der Waals surface area contributed by atoms with Gasteiger partial charge in [0.1, 0.15) is 4.75 Å². The van der Waals surface area contributed by atoms with E-state index in [9.17, 15) is 21.4 Å².